The summed E-state index contributed by atoms with van der Waals surface area (Å²) in [5.74, 6) is -1.37. The molecule has 2 amide bonds. The molecule has 124 valence electrons. The molecule has 4 nitrogen and oxygen atoms in total. The second kappa shape index (κ2) is 6.61. The van der Waals surface area contributed by atoms with Crippen molar-refractivity contribution in [2.75, 3.05) is 11.4 Å². The van der Waals surface area contributed by atoms with Gasteiger partial charge in [0.25, 0.3) is 5.91 Å². The van der Waals surface area contributed by atoms with Crippen LogP contribution in [0.15, 0.2) is 42.5 Å². The Kier molecular flexibility index (Phi) is 4.53. The highest BCUT2D eigenvalue weighted by Gasteiger charge is 2.32. The number of nitrogens with one attached hydrogen (secondary N) is 1. The Morgan fingerprint density at radius 3 is 2.62 bits per heavy atom. The molecule has 1 atom stereocenters. The lowest BCUT2D eigenvalue weighted by atomic mass is 10.1. The van der Waals surface area contributed by atoms with E-state index in [-0.39, 0.29) is 29.0 Å². The van der Waals surface area contributed by atoms with Crippen molar-refractivity contribution in [2.24, 2.45) is 0 Å². The Hall–Kier alpha value is -2.40. The van der Waals surface area contributed by atoms with Gasteiger partial charge < -0.3 is 10.2 Å². The fourth-order valence-electron chi connectivity index (χ4n) is 2.75. The molecule has 0 unspecified atom stereocenters. The molecule has 3 rings (SSSR count). The number of rotatable bonds is 3. The maximum absolute atomic E-state index is 13.8. The molecule has 0 bridgehead atoms. The van der Waals surface area contributed by atoms with E-state index >= 15 is 0 Å². The molecule has 1 fully saturated rings. The van der Waals surface area contributed by atoms with Gasteiger partial charge in [-0.05, 0) is 31.2 Å². The summed E-state index contributed by atoms with van der Waals surface area (Å²) in [7, 11) is 0. The third kappa shape index (κ3) is 3.26. The van der Waals surface area contributed by atoms with Crippen LogP contribution in [0.3, 0.4) is 0 Å². The third-order valence-electron chi connectivity index (χ3n) is 4.00. The van der Waals surface area contributed by atoms with Crippen molar-refractivity contribution >= 4 is 29.1 Å². The van der Waals surface area contributed by atoms with Gasteiger partial charge in [0.2, 0.25) is 5.91 Å². The Morgan fingerprint density at radius 2 is 1.96 bits per heavy atom. The predicted molar refractivity (Wildman–Crippen MR) is 90.8 cm³/mol. The number of anilines is 1. The summed E-state index contributed by atoms with van der Waals surface area (Å²) >= 11 is 5.90. The molecule has 0 radical (unpaired) electrons. The second-order valence-electron chi connectivity index (χ2n) is 5.81. The number of benzene rings is 2. The maximum atomic E-state index is 13.8. The van der Waals surface area contributed by atoms with Gasteiger partial charge in [0.15, 0.2) is 0 Å². The Labute approximate surface area is 144 Å². The van der Waals surface area contributed by atoms with Crippen LogP contribution >= 0.6 is 11.6 Å². The molecule has 0 spiro atoms. The summed E-state index contributed by atoms with van der Waals surface area (Å²) in [6.45, 7) is 2.32. The van der Waals surface area contributed by atoms with E-state index in [0.29, 0.717) is 6.54 Å². The van der Waals surface area contributed by atoms with Crippen molar-refractivity contribution in [3.05, 3.63) is 64.4 Å². The fourth-order valence-corrected chi connectivity index (χ4v) is 3.00. The van der Waals surface area contributed by atoms with Gasteiger partial charge in [0, 0.05) is 18.7 Å². The van der Waals surface area contributed by atoms with Crippen molar-refractivity contribution < 1.29 is 14.0 Å². The van der Waals surface area contributed by atoms with Gasteiger partial charge in [-0.3, -0.25) is 9.59 Å². The van der Waals surface area contributed by atoms with E-state index in [9.17, 15) is 14.0 Å². The first-order valence-electron chi connectivity index (χ1n) is 7.57. The van der Waals surface area contributed by atoms with Crippen LogP contribution in [0.1, 0.15) is 22.3 Å². The minimum absolute atomic E-state index is 0.0483. The Morgan fingerprint density at radius 1 is 1.25 bits per heavy atom. The van der Waals surface area contributed by atoms with Crippen molar-refractivity contribution in [1.82, 2.24) is 5.32 Å². The monoisotopic (exact) mass is 346 g/mol. The zero-order valence-corrected chi connectivity index (χ0v) is 13.8. The van der Waals surface area contributed by atoms with E-state index in [1.165, 1.54) is 18.2 Å². The molecule has 0 aromatic heterocycles. The highest BCUT2D eigenvalue weighted by Crippen LogP contribution is 2.23. The molecule has 2 aromatic rings. The quantitative estimate of drug-likeness (QED) is 0.926. The van der Waals surface area contributed by atoms with Crippen LogP contribution in [0.25, 0.3) is 0 Å². The fraction of sp³-hybridized carbons (Fsp3) is 0.222. The maximum Gasteiger partial charge on any atom is 0.256 e. The number of halogens is 2. The summed E-state index contributed by atoms with van der Waals surface area (Å²) in [5.41, 5.74) is 1.69. The van der Waals surface area contributed by atoms with Crippen LogP contribution in [0, 0.1) is 12.7 Å². The van der Waals surface area contributed by atoms with Crippen LogP contribution in [0.4, 0.5) is 10.1 Å². The molecule has 2 aromatic carbocycles. The zero-order valence-electron chi connectivity index (χ0n) is 13.1. The lowest BCUT2D eigenvalue weighted by molar-refractivity contribution is -0.117. The van der Waals surface area contributed by atoms with Crippen LogP contribution in [0.2, 0.25) is 5.02 Å². The standard InChI is InChI=1S/C18H16ClFN2O2/c1-11-5-7-13(8-6-11)22-10-12(9-16(22)23)21-18(24)17-14(19)3-2-4-15(17)20/h2-8,12H,9-10H2,1H3,(H,21,24)/t12-/m0/s1. The Bertz CT molecular complexity index is 772. The normalized spacial score (nSPS) is 17.2. The van der Waals surface area contributed by atoms with Crippen molar-refractivity contribution in [1.29, 1.82) is 0 Å². The van der Waals surface area contributed by atoms with Crippen LogP contribution in [-0.2, 0) is 4.79 Å². The molecule has 1 heterocycles. The second-order valence-corrected chi connectivity index (χ2v) is 6.22. The topological polar surface area (TPSA) is 49.4 Å². The Balaban J connectivity index is 1.72. The van der Waals surface area contributed by atoms with Crippen molar-refractivity contribution in [2.45, 2.75) is 19.4 Å². The number of carbonyl (C=O) groups excluding carboxylic acids is 2. The van der Waals surface area contributed by atoms with E-state index in [1.807, 2.05) is 31.2 Å². The minimum Gasteiger partial charge on any atom is -0.347 e. The molecule has 6 heteroatoms. The number of hydrogen-bond acceptors (Lipinski definition) is 2. The zero-order chi connectivity index (χ0) is 17.3. The van der Waals surface area contributed by atoms with Crippen LogP contribution in [-0.4, -0.2) is 24.4 Å². The molecule has 24 heavy (non-hydrogen) atoms. The van der Waals surface area contributed by atoms with Gasteiger partial charge >= 0.3 is 0 Å². The summed E-state index contributed by atoms with van der Waals surface area (Å²) in [6, 6.07) is 11.3. The van der Waals surface area contributed by atoms with Crippen LogP contribution in [0.5, 0.6) is 0 Å². The number of nitrogens with zero attached hydrogens (tertiary/aromatic N) is 1. The number of aryl methyl sites for hydroxylation is 1. The average molecular weight is 347 g/mol. The average Bonchev–Trinajstić information content (AvgIpc) is 2.88. The number of amides is 2. The molecule has 0 aliphatic carbocycles. The predicted octanol–water partition coefficient (Wildman–Crippen LogP) is 3.32. The van der Waals surface area contributed by atoms with Crippen molar-refractivity contribution in [3.8, 4) is 0 Å². The SMILES string of the molecule is Cc1ccc(N2C[C@@H](NC(=O)c3c(F)cccc3Cl)CC2=O)cc1. The van der Waals surface area contributed by atoms with Gasteiger partial charge in [-0.2, -0.15) is 0 Å². The third-order valence-corrected chi connectivity index (χ3v) is 4.31. The highest BCUT2D eigenvalue weighted by molar-refractivity contribution is 6.33. The number of hydrogen-bond donors (Lipinski definition) is 1. The smallest absolute Gasteiger partial charge is 0.256 e. The van der Waals surface area contributed by atoms with E-state index < -0.39 is 11.7 Å². The summed E-state index contributed by atoms with van der Waals surface area (Å²) < 4.78 is 13.8. The van der Waals surface area contributed by atoms with Gasteiger partial charge in [-0.1, -0.05) is 35.4 Å². The summed E-state index contributed by atoms with van der Waals surface area (Å²) in [5, 5.41) is 2.74. The van der Waals surface area contributed by atoms with E-state index in [0.717, 1.165) is 11.3 Å². The molecular formula is C18H16ClFN2O2. The van der Waals surface area contributed by atoms with Crippen LogP contribution < -0.4 is 10.2 Å². The summed E-state index contributed by atoms with van der Waals surface area (Å²) in [4.78, 5) is 26.1. The molecule has 1 aliphatic heterocycles. The van der Waals surface area contributed by atoms with Gasteiger partial charge in [-0.25, -0.2) is 4.39 Å². The summed E-state index contributed by atoms with van der Waals surface area (Å²) in [6.07, 6.45) is 0.172. The van der Waals surface area contributed by atoms with Gasteiger partial charge in [-0.15, -0.1) is 0 Å². The lowest BCUT2D eigenvalue weighted by Gasteiger charge is -2.17. The first-order valence-corrected chi connectivity index (χ1v) is 7.95. The van der Waals surface area contributed by atoms with Gasteiger partial charge in [0.05, 0.1) is 16.6 Å². The van der Waals surface area contributed by atoms with Gasteiger partial charge in [0.1, 0.15) is 5.82 Å². The minimum atomic E-state index is -0.681. The lowest BCUT2D eigenvalue weighted by Crippen LogP contribution is -2.37. The molecule has 1 saturated heterocycles. The van der Waals surface area contributed by atoms with E-state index in [2.05, 4.69) is 5.32 Å². The first-order chi connectivity index (χ1) is 11.5. The molecule has 1 aliphatic rings. The molecular weight excluding hydrogens is 331 g/mol. The van der Waals surface area contributed by atoms with E-state index in [4.69, 9.17) is 11.6 Å². The first kappa shape index (κ1) is 16.5. The highest BCUT2D eigenvalue weighted by atomic mass is 35.5. The largest absolute Gasteiger partial charge is 0.347 e. The molecule has 0 saturated carbocycles. The van der Waals surface area contributed by atoms with Crippen molar-refractivity contribution in [3.63, 3.8) is 0 Å². The number of carbonyl (C=O) groups is 2. The molecule has 1 N–H and O–H groups in total. The van der Waals surface area contributed by atoms with E-state index in [1.54, 1.807) is 4.90 Å².